The highest BCUT2D eigenvalue weighted by Crippen LogP contribution is 2.29. The topological polar surface area (TPSA) is 91.7 Å². The van der Waals surface area contributed by atoms with E-state index < -0.39 is 18.5 Å². The smallest absolute Gasteiger partial charge is 0.331 e. The van der Waals surface area contributed by atoms with Gasteiger partial charge in [-0.3, -0.25) is 4.79 Å². The second-order valence-corrected chi connectivity index (χ2v) is 6.95. The van der Waals surface area contributed by atoms with Crippen LogP contribution in [0, 0.1) is 6.92 Å². The van der Waals surface area contributed by atoms with Crippen molar-refractivity contribution in [3.05, 3.63) is 71.0 Å². The molecule has 0 saturated carbocycles. The van der Waals surface area contributed by atoms with Crippen molar-refractivity contribution >= 4 is 35.2 Å². The minimum Gasteiger partial charge on any atom is -0.497 e. The van der Waals surface area contributed by atoms with Gasteiger partial charge in [-0.2, -0.15) is 5.10 Å². The van der Waals surface area contributed by atoms with E-state index in [0.717, 1.165) is 5.69 Å². The lowest BCUT2D eigenvalue weighted by molar-refractivity contribution is -0.142. The molecular formula is C23H22ClN3O5. The number of ether oxygens (including phenoxy) is 3. The molecule has 166 valence electrons. The van der Waals surface area contributed by atoms with E-state index in [0.29, 0.717) is 33.6 Å². The van der Waals surface area contributed by atoms with E-state index in [4.69, 9.17) is 25.8 Å². The summed E-state index contributed by atoms with van der Waals surface area (Å²) in [6.45, 7) is 1.32. The predicted octanol–water partition coefficient (Wildman–Crippen LogP) is 4.05. The van der Waals surface area contributed by atoms with E-state index in [9.17, 15) is 9.59 Å². The van der Waals surface area contributed by atoms with Crippen LogP contribution in [0.4, 0.5) is 5.69 Å². The average molecular weight is 456 g/mol. The molecule has 1 heterocycles. The van der Waals surface area contributed by atoms with Crippen LogP contribution in [0.15, 0.2) is 54.6 Å². The van der Waals surface area contributed by atoms with Gasteiger partial charge in [0.15, 0.2) is 6.61 Å². The Kier molecular flexibility index (Phi) is 7.51. The number of para-hydroxylation sites is 1. The van der Waals surface area contributed by atoms with Crippen LogP contribution in [-0.2, 0) is 14.3 Å². The molecule has 1 amide bonds. The molecular weight excluding hydrogens is 434 g/mol. The van der Waals surface area contributed by atoms with E-state index >= 15 is 0 Å². The van der Waals surface area contributed by atoms with E-state index in [2.05, 4.69) is 10.4 Å². The molecule has 9 heteroatoms. The first-order valence-electron chi connectivity index (χ1n) is 9.60. The maximum atomic E-state index is 12.1. The van der Waals surface area contributed by atoms with Crippen molar-refractivity contribution in [1.29, 1.82) is 0 Å². The van der Waals surface area contributed by atoms with Crippen molar-refractivity contribution in [3.63, 3.8) is 0 Å². The van der Waals surface area contributed by atoms with Gasteiger partial charge in [0, 0.05) is 17.7 Å². The maximum Gasteiger partial charge on any atom is 0.331 e. The molecule has 0 radical (unpaired) electrons. The highest BCUT2D eigenvalue weighted by Gasteiger charge is 2.14. The Morgan fingerprint density at radius 2 is 1.88 bits per heavy atom. The summed E-state index contributed by atoms with van der Waals surface area (Å²) in [5.74, 6) is -0.198. The van der Waals surface area contributed by atoms with Gasteiger partial charge in [0.2, 0.25) is 0 Å². The van der Waals surface area contributed by atoms with Gasteiger partial charge >= 0.3 is 5.97 Å². The van der Waals surface area contributed by atoms with Gasteiger partial charge in [-0.15, -0.1) is 0 Å². The molecule has 2 aromatic carbocycles. The number of methoxy groups -OCH3 is 2. The molecule has 0 atom stereocenters. The molecule has 0 bridgehead atoms. The van der Waals surface area contributed by atoms with E-state index in [1.807, 2.05) is 30.3 Å². The quantitative estimate of drug-likeness (QED) is 0.407. The lowest BCUT2D eigenvalue weighted by Crippen LogP contribution is -2.20. The number of hydrogen-bond donors (Lipinski definition) is 1. The fourth-order valence-corrected chi connectivity index (χ4v) is 3.20. The van der Waals surface area contributed by atoms with Gasteiger partial charge in [-0.25, -0.2) is 9.48 Å². The summed E-state index contributed by atoms with van der Waals surface area (Å²) in [5.41, 5.74) is 2.46. The van der Waals surface area contributed by atoms with Crippen LogP contribution in [0.25, 0.3) is 11.8 Å². The number of aromatic nitrogens is 2. The summed E-state index contributed by atoms with van der Waals surface area (Å²) in [7, 11) is 3.00. The van der Waals surface area contributed by atoms with Crippen LogP contribution in [0.5, 0.6) is 11.5 Å². The number of anilines is 1. The molecule has 0 spiro atoms. The molecule has 1 aromatic heterocycles. The number of nitrogens with zero attached hydrogens (tertiary/aromatic N) is 2. The number of carbonyl (C=O) groups excluding carboxylic acids is 2. The average Bonchev–Trinajstić information content (AvgIpc) is 3.10. The molecule has 0 aliphatic carbocycles. The number of nitrogens with one attached hydrogen (secondary N) is 1. The molecule has 0 unspecified atom stereocenters. The lowest BCUT2D eigenvalue weighted by atomic mass is 10.2. The zero-order chi connectivity index (χ0) is 23.1. The summed E-state index contributed by atoms with van der Waals surface area (Å²) in [6.07, 6.45) is 2.71. The molecule has 32 heavy (non-hydrogen) atoms. The van der Waals surface area contributed by atoms with Crippen molar-refractivity contribution < 1.29 is 23.8 Å². The zero-order valence-corrected chi connectivity index (χ0v) is 18.6. The minimum absolute atomic E-state index is 0.363. The van der Waals surface area contributed by atoms with Crippen LogP contribution >= 0.6 is 11.6 Å². The highest BCUT2D eigenvalue weighted by molar-refractivity contribution is 6.31. The van der Waals surface area contributed by atoms with Crippen LogP contribution in [0.3, 0.4) is 0 Å². The number of amides is 1. The van der Waals surface area contributed by atoms with Crippen LogP contribution in [0.1, 0.15) is 11.3 Å². The third kappa shape index (κ3) is 5.47. The first kappa shape index (κ1) is 22.9. The molecule has 0 fully saturated rings. The Labute approximate surface area is 190 Å². The first-order chi connectivity index (χ1) is 15.4. The molecule has 8 nitrogen and oxygen atoms in total. The second-order valence-electron chi connectivity index (χ2n) is 6.59. The number of esters is 1. The highest BCUT2D eigenvalue weighted by atomic mass is 35.5. The maximum absolute atomic E-state index is 12.1. The Balaban J connectivity index is 1.60. The number of rotatable bonds is 8. The number of halogens is 1. The zero-order valence-electron chi connectivity index (χ0n) is 17.8. The van der Waals surface area contributed by atoms with Crippen molar-refractivity contribution in [2.45, 2.75) is 6.92 Å². The molecule has 3 aromatic rings. The molecule has 0 aliphatic heterocycles. The first-order valence-corrected chi connectivity index (χ1v) is 9.98. The number of carbonyl (C=O) groups is 2. The fourth-order valence-electron chi connectivity index (χ4n) is 2.87. The second kappa shape index (κ2) is 10.5. The van der Waals surface area contributed by atoms with Crippen molar-refractivity contribution in [1.82, 2.24) is 9.78 Å². The van der Waals surface area contributed by atoms with Crippen LogP contribution in [0.2, 0.25) is 5.15 Å². The minimum atomic E-state index is -0.690. The van der Waals surface area contributed by atoms with Crippen LogP contribution < -0.4 is 14.8 Å². The normalized spacial score (nSPS) is 10.8. The fraction of sp³-hybridized carbons (Fsp3) is 0.174. The predicted molar refractivity (Wildman–Crippen MR) is 121 cm³/mol. The molecule has 3 rings (SSSR count). The Hall–Kier alpha value is -3.78. The Morgan fingerprint density at radius 1 is 1.12 bits per heavy atom. The SMILES string of the molecule is COc1ccc(NC(=O)COC(=O)/C=C/c2c(C)nn(-c3ccccc3)c2Cl)c(OC)c1. The Bertz CT molecular complexity index is 1140. The third-order valence-electron chi connectivity index (χ3n) is 4.46. The van der Waals surface area contributed by atoms with Gasteiger partial charge in [0.1, 0.15) is 16.7 Å². The summed E-state index contributed by atoms with van der Waals surface area (Å²) >= 11 is 6.43. The summed E-state index contributed by atoms with van der Waals surface area (Å²) in [6, 6.07) is 14.3. The van der Waals surface area contributed by atoms with Crippen molar-refractivity contribution in [2.24, 2.45) is 0 Å². The molecule has 0 saturated heterocycles. The molecule has 0 aliphatic rings. The Morgan fingerprint density at radius 3 is 2.56 bits per heavy atom. The van der Waals surface area contributed by atoms with Crippen molar-refractivity contribution in [3.8, 4) is 17.2 Å². The number of benzene rings is 2. The molecule has 1 N–H and O–H groups in total. The standard InChI is InChI=1S/C23H22ClN3O5/c1-15-18(23(24)27(26-15)16-7-5-4-6-8-16)10-12-22(29)32-14-21(28)25-19-11-9-17(30-2)13-20(19)31-3/h4-13H,14H2,1-3H3,(H,25,28)/b12-10+. The summed E-state index contributed by atoms with van der Waals surface area (Å²) in [4.78, 5) is 24.2. The van der Waals surface area contributed by atoms with Gasteiger partial charge in [0.25, 0.3) is 5.91 Å². The van der Waals surface area contributed by atoms with Gasteiger partial charge < -0.3 is 19.5 Å². The monoisotopic (exact) mass is 455 g/mol. The van der Waals surface area contributed by atoms with Crippen molar-refractivity contribution in [2.75, 3.05) is 26.1 Å². The van der Waals surface area contributed by atoms with E-state index in [-0.39, 0.29) is 0 Å². The van der Waals surface area contributed by atoms with Crippen LogP contribution in [-0.4, -0.2) is 42.5 Å². The lowest BCUT2D eigenvalue weighted by Gasteiger charge is -2.11. The third-order valence-corrected chi connectivity index (χ3v) is 4.83. The number of aryl methyl sites for hydroxylation is 1. The van der Waals surface area contributed by atoms with E-state index in [1.54, 1.807) is 29.8 Å². The summed E-state index contributed by atoms with van der Waals surface area (Å²) < 4.78 is 16.9. The largest absolute Gasteiger partial charge is 0.497 e. The van der Waals surface area contributed by atoms with Gasteiger partial charge in [0.05, 0.1) is 31.3 Å². The van der Waals surface area contributed by atoms with Gasteiger partial charge in [-0.05, 0) is 37.3 Å². The van der Waals surface area contributed by atoms with E-state index in [1.165, 1.54) is 26.4 Å². The summed E-state index contributed by atoms with van der Waals surface area (Å²) in [5, 5.41) is 7.39. The van der Waals surface area contributed by atoms with Gasteiger partial charge in [-0.1, -0.05) is 29.8 Å². The number of hydrogen-bond acceptors (Lipinski definition) is 6.